The zero-order valence-corrected chi connectivity index (χ0v) is 9.95. The van der Waals surface area contributed by atoms with E-state index in [1.165, 1.54) is 0 Å². The van der Waals surface area contributed by atoms with Crippen LogP contribution >= 0.6 is 0 Å². The van der Waals surface area contributed by atoms with Crippen molar-refractivity contribution in [3.8, 4) is 0 Å². The monoisotopic (exact) mass is 248 g/mol. The Morgan fingerprint density at radius 2 is 2.11 bits per heavy atom. The largest absolute Gasteiger partial charge is 0.387 e. The number of amides is 1. The van der Waals surface area contributed by atoms with Gasteiger partial charge in [-0.15, -0.1) is 0 Å². The van der Waals surface area contributed by atoms with E-state index in [1.54, 1.807) is 4.90 Å². The average molecular weight is 248 g/mol. The Morgan fingerprint density at radius 3 is 2.72 bits per heavy atom. The molecule has 3 N–H and O–H groups in total. The number of hydrogen-bond acceptors (Lipinski definition) is 4. The molecule has 1 fully saturated rings. The van der Waals surface area contributed by atoms with E-state index in [0.29, 0.717) is 0 Å². The van der Waals surface area contributed by atoms with Crippen LogP contribution in [-0.2, 0) is 9.59 Å². The van der Waals surface area contributed by atoms with E-state index in [4.69, 9.17) is 5.73 Å². The minimum atomic E-state index is -0.723. The zero-order chi connectivity index (χ0) is 13.1. The van der Waals surface area contributed by atoms with Crippen LogP contribution in [0.2, 0.25) is 0 Å². The molecule has 96 valence electrons. The lowest BCUT2D eigenvalue weighted by Gasteiger charge is -2.23. The maximum absolute atomic E-state index is 11.4. The fraction of sp³-hybridized carbons (Fsp3) is 0.385. The fourth-order valence-corrected chi connectivity index (χ4v) is 2.22. The Kier molecular flexibility index (Phi) is 3.74. The quantitative estimate of drug-likeness (QED) is 0.776. The second-order valence-electron chi connectivity index (χ2n) is 4.52. The lowest BCUT2D eigenvalue weighted by atomic mass is 10.1. The van der Waals surface area contributed by atoms with Gasteiger partial charge in [-0.05, 0) is 5.56 Å². The van der Waals surface area contributed by atoms with Gasteiger partial charge in [-0.2, -0.15) is 0 Å². The number of aliphatic hydroxyl groups is 1. The molecule has 5 heteroatoms. The van der Waals surface area contributed by atoms with E-state index in [2.05, 4.69) is 0 Å². The molecule has 0 spiro atoms. The predicted molar refractivity (Wildman–Crippen MR) is 65.6 cm³/mol. The first-order valence-corrected chi connectivity index (χ1v) is 5.86. The van der Waals surface area contributed by atoms with Crippen LogP contribution in [0.15, 0.2) is 30.3 Å². The molecule has 0 aliphatic carbocycles. The maximum Gasteiger partial charge on any atom is 0.235 e. The number of nitrogens with two attached hydrogens (primary N) is 1. The lowest BCUT2D eigenvalue weighted by Crippen LogP contribution is -2.42. The molecule has 1 aliphatic rings. The number of benzene rings is 1. The van der Waals surface area contributed by atoms with Crippen molar-refractivity contribution in [1.82, 2.24) is 4.90 Å². The minimum absolute atomic E-state index is 0.0148. The Balaban J connectivity index is 2.04. The topological polar surface area (TPSA) is 83.6 Å². The molecule has 0 saturated carbocycles. The van der Waals surface area contributed by atoms with Crippen molar-refractivity contribution < 1.29 is 14.7 Å². The van der Waals surface area contributed by atoms with E-state index in [1.807, 2.05) is 30.3 Å². The van der Waals surface area contributed by atoms with Gasteiger partial charge in [-0.25, -0.2) is 0 Å². The summed E-state index contributed by atoms with van der Waals surface area (Å²) in [5.74, 6) is -0.528. The number of primary amides is 1. The zero-order valence-electron chi connectivity index (χ0n) is 9.95. The average Bonchev–Trinajstić information content (AvgIpc) is 2.71. The molecule has 5 nitrogen and oxygen atoms in total. The molecular formula is C13H16N2O3. The summed E-state index contributed by atoms with van der Waals surface area (Å²) in [4.78, 5) is 24.2. The molecule has 1 heterocycles. The number of rotatable bonds is 4. The number of carbonyl (C=O) groups excluding carboxylic acids is 2. The van der Waals surface area contributed by atoms with E-state index in [9.17, 15) is 14.7 Å². The third-order valence-corrected chi connectivity index (χ3v) is 3.16. The van der Waals surface area contributed by atoms with Gasteiger partial charge in [-0.3, -0.25) is 14.5 Å². The first-order chi connectivity index (χ1) is 8.58. The lowest BCUT2D eigenvalue weighted by molar-refractivity contribution is -0.123. The van der Waals surface area contributed by atoms with Gasteiger partial charge in [0.15, 0.2) is 0 Å². The standard InChI is InChI=1S/C13H16N2O3/c14-13(18)11-6-10(16)7-15(11)8-12(17)9-4-2-1-3-5-9/h1-5,11-12,17H,6-8H2,(H2,14,18). The van der Waals surface area contributed by atoms with Gasteiger partial charge in [0.25, 0.3) is 0 Å². The van der Waals surface area contributed by atoms with Gasteiger partial charge >= 0.3 is 0 Å². The highest BCUT2D eigenvalue weighted by molar-refractivity contribution is 5.92. The molecule has 0 bridgehead atoms. The summed E-state index contributed by atoms with van der Waals surface area (Å²) >= 11 is 0. The molecule has 1 saturated heterocycles. The normalized spacial score (nSPS) is 22.1. The van der Waals surface area contributed by atoms with Crippen LogP contribution < -0.4 is 5.73 Å². The van der Waals surface area contributed by atoms with Crippen molar-refractivity contribution in [3.05, 3.63) is 35.9 Å². The van der Waals surface area contributed by atoms with Crippen molar-refractivity contribution in [1.29, 1.82) is 0 Å². The van der Waals surface area contributed by atoms with Gasteiger partial charge in [0.2, 0.25) is 5.91 Å². The van der Waals surface area contributed by atoms with Crippen LogP contribution in [0.4, 0.5) is 0 Å². The minimum Gasteiger partial charge on any atom is -0.387 e. The van der Waals surface area contributed by atoms with Crippen LogP contribution in [-0.4, -0.2) is 40.8 Å². The second-order valence-corrected chi connectivity index (χ2v) is 4.52. The van der Waals surface area contributed by atoms with Crippen molar-refractivity contribution in [2.24, 2.45) is 5.73 Å². The number of carbonyl (C=O) groups is 2. The van der Waals surface area contributed by atoms with Crippen LogP contribution in [0.5, 0.6) is 0 Å². The molecule has 1 amide bonds. The van der Waals surface area contributed by atoms with Crippen LogP contribution in [0, 0.1) is 0 Å². The Bertz CT molecular complexity index is 447. The predicted octanol–water partition coefficient (Wildman–Crippen LogP) is -0.151. The molecule has 0 radical (unpaired) electrons. The first kappa shape index (κ1) is 12.7. The number of β-amino-alcohol motifs (C(OH)–C–C–N with tert-alkyl or cyclic N) is 1. The van der Waals surface area contributed by atoms with Gasteiger partial charge in [0.05, 0.1) is 18.7 Å². The maximum atomic E-state index is 11.4. The molecule has 1 aliphatic heterocycles. The third-order valence-electron chi connectivity index (χ3n) is 3.16. The Hall–Kier alpha value is -1.72. The van der Waals surface area contributed by atoms with Gasteiger partial charge in [-0.1, -0.05) is 30.3 Å². The summed E-state index contributed by atoms with van der Waals surface area (Å²) in [5, 5.41) is 10.1. The summed E-state index contributed by atoms with van der Waals surface area (Å²) < 4.78 is 0. The molecule has 2 atom stereocenters. The molecule has 18 heavy (non-hydrogen) atoms. The number of likely N-dealkylation sites (tertiary alicyclic amines) is 1. The van der Waals surface area contributed by atoms with Crippen molar-refractivity contribution in [2.45, 2.75) is 18.6 Å². The molecular weight excluding hydrogens is 232 g/mol. The van der Waals surface area contributed by atoms with Gasteiger partial charge < -0.3 is 10.8 Å². The summed E-state index contributed by atoms with van der Waals surface area (Å²) in [6.45, 7) is 0.418. The number of aliphatic hydroxyl groups excluding tert-OH is 1. The highest BCUT2D eigenvalue weighted by Crippen LogP contribution is 2.20. The highest BCUT2D eigenvalue weighted by atomic mass is 16.3. The van der Waals surface area contributed by atoms with Crippen molar-refractivity contribution >= 4 is 11.7 Å². The van der Waals surface area contributed by atoms with Crippen LogP contribution in [0.1, 0.15) is 18.1 Å². The summed E-state index contributed by atoms with van der Waals surface area (Å²) in [5.41, 5.74) is 6.01. The van der Waals surface area contributed by atoms with Crippen LogP contribution in [0.25, 0.3) is 0 Å². The van der Waals surface area contributed by atoms with E-state index < -0.39 is 18.1 Å². The smallest absolute Gasteiger partial charge is 0.235 e. The van der Waals surface area contributed by atoms with Crippen molar-refractivity contribution in [2.75, 3.05) is 13.1 Å². The van der Waals surface area contributed by atoms with Gasteiger partial charge in [0.1, 0.15) is 5.78 Å². The molecule has 2 rings (SSSR count). The summed E-state index contributed by atoms with van der Waals surface area (Å²) in [6, 6.07) is 8.56. The van der Waals surface area contributed by atoms with E-state index in [0.717, 1.165) is 5.56 Å². The van der Waals surface area contributed by atoms with Crippen LogP contribution in [0.3, 0.4) is 0 Å². The number of Topliss-reactive ketones (excluding diaryl/α,β-unsaturated/α-hetero) is 1. The van der Waals surface area contributed by atoms with E-state index in [-0.39, 0.29) is 25.3 Å². The summed E-state index contributed by atoms with van der Waals surface area (Å²) in [6.07, 6.45) is -0.574. The van der Waals surface area contributed by atoms with Crippen molar-refractivity contribution in [3.63, 3.8) is 0 Å². The fourth-order valence-electron chi connectivity index (χ4n) is 2.22. The Morgan fingerprint density at radius 1 is 1.44 bits per heavy atom. The molecule has 0 aromatic heterocycles. The SMILES string of the molecule is NC(=O)C1CC(=O)CN1CC(O)c1ccccc1. The number of nitrogens with zero attached hydrogens (tertiary/aromatic N) is 1. The summed E-state index contributed by atoms with van der Waals surface area (Å²) in [7, 11) is 0. The molecule has 1 aromatic rings. The second kappa shape index (κ2) is 5.29. The number of ketones is 1. The first-order valence-electron chi connectivity index (χ1n) is 5.86. The number of hydrogen-bond donors (Lipinski definition) is 2. The third kappa shape index (κ3) is 2.75. The molecule has 1 aromatic carbocycles. The van der Waals surface area contributed by atoms with Gasteiger partial charge in [0, 0.05) is 13.0 Å². The highest BCUT2D eigenvalue weighted by Gasteiger charge is 2.35. The Labute approximate surface area is 105 Å². The molecule has 2 unspecified atom stereocenters. The van der Waals surface area contributed by atoms with E-state index >= 15 is 0 Å².